The fourth-order valence-corrected chi connectivity index (χ4v) is 2.64. The molecular formula is C13H23N3O4. The predicted octanol–water partition coefficient (Wildman–Crippen LogP) is -0.271. The zero-order chi connectivity index (χ0) is 15.3. The summed E-state index contributed by atoms with van der Waals surface area (Å²) in [6.07, 6.45) is 2.85. The predicted molar refractivity (Wildman–Crippen MR) is 72.5 cm³/mol. The number of rotatable bonds is 6. The Kier molecular flexibility index (Phi) is 5.50. The van der Waals surface area contributed by atoms with Gasteiger partial charge in [-0.1, -0.05) is 19.8 Å². The van der Waals surface area contributed by atoms with Crippen LogP contribution in [0.15, 0.2) is 0 Å². The summed E-state index contributed by atoms with van der Waals surface area (Å²) in [5.74, 6) is -1.90. The van der Waals surface area contributed by atoms with Crippen molar-refractivity contribution in [2.75, 3.05) is 0 Å². The third-order valence-electron chi connectivity index (χ3n) is 3.77. The fraction of sp³-hybridized carbons (Fsp3) is 0.769. The molecule has 20 heavy (non-hydrogen) atoms. The molecule has 0 radical (unpaired) electrons. The van der Waals surface area contributed by atoms with E-state index in [-0.39, 0.29) is 12.8 Å². The first-order valence-electron chi connectivity index (χ1n) is 6.85. The van der Waals surface area contributed by atoms with Crippen LogP contribution in [-0.4, -0.2) is 34.5 Å². The fourth-order valence-electron chi connectivity index (χ4n) is 2.64. The first-order chi connectivity index (χ1) is 9.24. The van der Waals surface area contributed by atoms with E-state index in [1.54, 1.807) is 0 Å². The van der Waals surface area contributed by atoms with Crippen molar-refractivity contribution >= 4 is 17.8 Å². The third kappa shape index (κ3) is 4.48. The molecule has 7 nitrogen and oxygen atoms in total. The van der Waals surface area contributed by atoms with Crippen LogP contribution < -0.4 is 16.8 Å². The first-order valence-corrected chi connectivity index (χ1v) is 6.85. The summed E-state index contributed by atoms with van der Waals surface area (Å²) in [6, 6.07) is -1.13. The van der Waals surface area contributed by atoms with Gasteiger partial charge in [0.1, 0.15) is 6.04 Å². The number of nitrogens with one attached hydrogen (secondary N) is 1. The van der Waals surface area contributed by atoms with Crippen LogP contribution in [0.4, 0.5) is 0 Å². The minimum absolute atomic E-state index is 0.0258. The molecule has 1 saturated carbocycles. The molecule has 1 aliphatic rings. The molecular weight excluding hydrogens is 262 g/mol. The monoisotopic (exact) mass is 285 g/mol. The number of amides is 2. The number of carboxylic acid groups (broad SMARTS) is 1. The number of carbonyl (C=O) groups excluding carboxylic acids is 2. The second-order valence-corrected chi connectivity index (χ2v) is 5.73. The Balaban J connectivity index is 2.65. The van der Waals surface area contributed by atoms with Gasteiger partial charge in [0, 0.05) is 6.42 Å². The Morgan fingerprint density at radius 2 is 2.10 bits per heavy atom. The Hall–Kier alpha value is -1.63. The normalized spacial score (nSPS) is 27.6. The van der Waals surface area contributed by atoms with Crippen LogP contribution in [0.5, 0.6) is 0 Å². The van der Waals surface area contributed by atoms with Gasteiger partial charge in [-0.05, 0) is 25.2 Å². The van der Waals surface area contributed by atoms with Crippen LogP contribution in [-0.2, 0) is 14.4 Å². The lowest BCUT2D eigenvalue weighted by Gasteiger charge is -2.36. The zero-order valence-electron chi connectivity index (χ0n) is 11.7. The van der Waals surface area contributed by atoms with Gasteiger partial charge in [0.05, 0.1) is 5.54 Å². The number of nitrogens with two attached hydrogens (primary N) is 2. The zero-order valence-corrected chi connectivity index (χ0v) is 11.7. The van der Waals surface area contributed by atoms with Crippen molar-refractivity contribution in [2.45, 2.75) is 57.0 Å². The molecule has 0 heterocycles. The number of carbonyl (C=O) groups is 3. The van der Waals surface area contributed by atoms with Crippen LogP contribution in [0.3, 0.4) is 0 Å². The molecule has 0 aromatic heterocycles. The van der Waals surface area contributed by atoms with E-state index in [9.17, 15) is 14.4 Å². The smallest absolute Gasteiger partial charge is 0.326 e. The highest BCUT2D eigenvalue weighted by molar-refractivity contribution is 5.90. The number of aliphatic carboxylic acids is 1. The summed E-state index contributed by atoms with van der Waals surface area (Å²) < 4.78 is 0. The summed E-state index contributed by atoms with van der Waals surface area (Å²) in [5.41, 5.74) is 10.1. The van der Waals surface area contributed by atoms with Gasteiger partial charge in [-0.25, -0.2) is 4.79 Å². The quantitative estimate of drug-likeness (QED) is 0.532. The van der Waals surface area contributed by atoms with Crippen molar-refractivity contribution in [3.05, 3.63) is 0 Å². The second kappa shape index (κ2) is 6.69. The minimum Gasteiger partial charge on any atom is -0.480 e. The highest BCUT2D eigenvalue weighted by atomic mass is 16.4. The minimum atomic E-state index is -1.19. The molecule has 114 valence electrons. The molecule has 1 fully saturated rings. The molecule has 0 saturated heterocycles. The van der Waals surface area contributed by atoms with Gasteiger partial charge in [0.25, 0.3) is 0 Å². The Labute approximate surface area is 118 Å². The van der Waals surface area contributed by atoms with Gasteiger partial charge in [-0.2, -0.15) is 0 Å². The molecule has 1 rings (SSSR count). The van der Waals surface area contributed by atoms with Crippen molar-refractivity contribution in [2.24, 2.45) is 17.4 Å². The van der Waals surface area contributed by atoms with Gasteiger partial charge >= 0.3 is 5.97 Å². The molecule has 2 amide bonds. The van der Waals surface area contributed by atoms with E-state index in [0.717, 1.165) is 12.8 Å². The highest BCUT2D eigenvalue weighted by Crippen LogP contribution is 2.30. The standard InChI is InChI=1S/C13H23N3O4/c1-8-3-2-6-13(15,7-8)12(20)16-9(11(18)19)4-5-10(14)17/h8-9H,2-7,15H2,1H3,(H2,14,17)(H,16,20)(H,18,19)/t8?,9-,13?/m0/s1. The lowest BCUT2D eigenvalue weighted by Crippen LogP contribution is -2.59. The number of hydrogen-bond donors (Lipinski definition) is 4. The average Bonchev–Trinajstić information content (AvgIpc) is 2.33. The van der Waals surface area contributed by atoms with Crippen molar-refractivity contribution in [1.29, 1.82) is 0 Å². The summed E-state index contributed by atoms with van der Waals surface area (Å²) in [7, 11) is 0. The van der Waals surface area contributed by atoms with Gasteiger partial charge in [-0.3, -0.25) is 9.59 Å². The molecule has 0 spiro atoms. The van der Waals surface area contributed by atoms with Gasteiger partial charge in [0.2, 0.25) is 11.8 Å². The maximum Gasteiger partial charge on any atom is 0.326 e. The van der Waals surface area contributed by atoms with Gasteiger partial charge < -0.3 is 21.9 Å². The van der Waals surface area contributed by atoms with Crippen molar-refractivity contribution in [3.8, 4) is 0 Å². The van der Waals surface area contributed by atoms with Crippen LogP contribution in [0.1, 0.15) is 45.4 Å². The van der Waals surface area contributed by atoms with E-state index in [1.165, 1.54) is 0 Å². The van der Waals surface area contributed by atoms with Crippen LogP contribution in [0.2, 0.25) is 0 Å². The van der Waals surface area contributed by atoms with Crippen molar-refractivity contribution in [1.82, 2.24) is 5.32 Å². The molecule has 1 aliphatic carbocycles. The van der Waals surface area contributed by atoms with E-state index in [1.807, 2.05) is 6.92 Å². The van der Waals surface area contributed by atoms with E-state index in [2.05, 4.69) is 5.32 Å². The third-order valence-corrected chi connectivity index (χ3v) is 3.77. The van der Waals surface area contributed by atoms with Crippen LogP contribution in [0.25, 0.3) is 0 Å². The van der Waals surface area contributed by atoms with E-state index < -0.39 is 29.4 Å². The maximum absolute atomic E-state index is 12.2. The molecule has 6 N–H and O–H groups in total. The van der Waals surface area contributed by atoms with Gasteiger partial charge in [0.15, 0.2) is 0 Å². The average molecular weight is 285 g/mol. The second-order valence-electron chi connectivity index (χ2n) is 5.73. The molecule has 0 aliphatic heterocycles. The van der Waals surface area contributed by atoms with Crippen molar-refractivity contribution in [3.63, 3.8) is 0 Å². The molecule has 0 aromatic rings. The van der Waals surface area contributed by atoms with E-state index in [4.69, 9.17) is 16.6 Å². The number of primary amides is 1. The summed E-state index contributed by atoms with van der Waals surface area (Å²) in [4.78, 5) is 34.0. The molecule has 2 unspecified atom stereocenters. The van der Waals surface area contributed by atoms with E-state index in [0.29, 0.717) is 18.8 Å². The van der Waals surface area contributed by atoms with E-state index >= 15 is 0 Å². The SMILES string of the molecule is CC1CCCC(N)(C(=O)N[C@@H](CCC(N)=O)C(=O)O)C1. The van der Waals surface area contributed by atoms with Gasteiger partial charge in [-0.15, -0.1) is 0 Å². The van der Waals surface area contributed by atoms with Crippen LogP contribution >= 0.6 is 0 Å². The first kappa shape index (κ1) is 16.4. The summed E-state index contributed by atoms with van der Waals surface area (Å²) in [5, 5.41) is 11.5. The van der Waals surface area contributed by atoms with Crippen LogP contribution in [0, 0.1) is 5.92 Å². The Bertz CT molecular complexity index is 399. The number of hydrogen-bond acceptors (Lipinski definition) is 4. The largest absolute Gasteiger partial charge is 0.480 e. The Morgan fingerprint density at radius 1 is 1.45 bits per heavy atom. The summed E-state index contributed by atoms with van der Waals surface area (Å²) >= 11 is 0. The highest BCUT2D eigenvalue weighted by Gasteiger charge is 2.39. The number of carboxylic acids is 1. The topological polar surface area (TPSA) is 136 Å². The molecule has 0 aromatic carbocycles. The summed E-state index contributed by atoms with van der Waals surface area (Å²) in [6.45, 7) is 2.02. The lowest BCUT2D eigenvalue weighted by atomic mass is 9.76. The molecule has 7 heteroatoms. The lowest BCUT2D eigenvalue weighted by molar-refractivity contribution is -0.143. The maximum atomic E-state index is 12.2. The Morgan fingerprint density at radius 3 is 2.60 bits per heavy atom. The molecule has 0 bridgehead atoms. The van der Waals surface area contributed by atoms with Crippen molar-refractivity contribution < 1.29 is 19.5 Å². The molecule has 3 atom stereocenters.